The van der Waals surface area contributed by atoms with Crippen molar-refractivity contribution in [2.75, 3.05) is 24.3 Å². The van der Waals surface area contributed by atoms with Gasteiger partial charge in [-0.1, -0.05) is 12.1 Å². The van der Waals surface area contributed by atoms with Gasteiger partial charge in [-0.25, -0.2) is 0 Å². The van der Waals surface area contributed by atoms with Gasteiger partial charge >= 0.3 is 5.97 Å². The zero-order valence-electron chi connectivity index (χ0n) is 8.73. The smallest absolute Gasteiger partial charge is 0.315 e. The third kappa shape index (κ3) is 4.74. The van der Waals surface area contributed by atoms with E-state index in [4.69, 9.17) is 5.73 Å². The van der Waals surface area contributed by atoms with Crippen LogP contribution in [0.15, 0.2) is 24.3 Å². The Hall–Kier alpha value is -1.16. The minimum Gasteiger partial charge on any atom is -0.468 e. The van der Waals surface area contributed by atoms with E-state index < -0.39 is 0 Å². The van der Waals surface area contributed by atoms with Crippen molar-refractivity contribution in [1.82, 2.24) is 0 Å². The molecule has 0 saturated carbocycles. The van der Waals surface area contributed by atoms with Crippen LogP contribution in [0.4, 0.5) is 5.69 Å². The van der Waals surface area contributed by atoms with Gasteiger partial charge in [0.25, 0.3) is 0 Å². The van der Waals surface area contributed by atoms with E-state index in [1.807, 2.05) is 24.3 Å². The molecule has 1 aromatic carbocycles. The maximum Gasteiger partial charge on any atom is 0.315 e. The van der Waals surface area contributed by atoms with E-state index in [9.17, 15) is 4.79 Å². The van der Waals surface area contributed by atoms with Crippen LogP contribution in [0.25, 0.3) is 0 Å². The number of nitrogens with two attached hydrogens (primary N) is 1. The summed E-state index contributed by atoms with van der Waals surface area (Å²) < 4.78 is 4.54. The molecule has 0 fully saturated rings. The quantitative estimate of drug-likeness (QED) is 0.471. The van der Waals surface area contributed by atoms with E-state index in [-0.39, 0.29) is 5.97 Å². The Bertz CT molecular complexity index is 311. The number of anilines is 1. The summed E-state index contributed by atoms with van der Waals surface area (Å²) in [7, 11) is 1.41. The van der Waals surface area contributed by atoms with Crippen LogP contribution >= 0.6 is 11.8 Å². The number of benzene rings is 1. The monoisotopic (exact) mass is 225 g/mol. The van der Waals surface area contributed by atoms with Gasteiger partial charge in [0.2, 0.25) is 0 Å². The number of carbonyl (C=O) groups excluding carboxylic acids is 1. The maximum atomic E-state index is 10.8. The number of thioether (sulfide) groups is 1. The largest absolute Gasteiger partial charge is 0.468 e. The second kappa shape index (κ2) is 6.35. The van der Waals surface area contributed by atoms with Crippen molar-refractivity contribution in [2.45, 2.75) is 6.42 Å². The normalized spacial score (nSPS) is 9.93. The highest BCUT2D eigenvalue weighted by molar-refractivity contribution is 7.99. The average molecular weight is 225 g/mol. The molecule has 0 aliphatic rings. The zero-order valence-corrected chi connectivity index (χ0v) is 9.55. The summed E-state index contributed by atoms with van der Waals surface area (Å²) in [5.74, 6) is 1.17. The number of methoxy groups -OCH3 is 1. The highest BCUT2D eigenvalue weighted by Crippen LogP contribution is 2.09. The first-order chi connectivity index (χ1) is 7.22. The Labute approximate surface area is 94.0 Å². The van der Waals surface area contributed by atoms with Gasteiger partial charge in [0.1, 0.15) is 0 Å². The van der Waals surface area contributed by atoms with E-state index in [0.717, 1.165) is 17.9 Å². The highest BCUT2D eigenvalue weighted by atomic mass is 32.2. The lowest BCUT2D eigenvalue weighted by molar-refractivity contribution is -0.137. The van der Waals surface area contributed by atoms with Crippen LogP contribution in [0.5, 0.6) is 0 Å². The number of ether oxygens (including phenoxy) is 1. The molecule has 0 heterocycles. The molecule has 1 rings (SSSR count). The molecule has 82 valence electrons. The molecule has 15 heavy (non-hydrogen) atoms. The average Bonchev–Trinajstić information content (AvgIpc) is 2.26. The molecular formula is C11H15NO2S. The zero-order chi connectivity index (χ0) is 11.1. The van der Waals surface area contributed by atoms with Gasteiger partial charge in [-0.15, -0.1) is 11.8 Å². The Kier molecular flexibility index (Phi) is 5.04. The number of carbonyl (C=O) groups is 1. The third-order valence-electron chi connectivity index (χ3n) is 1.96. The van der Waals surface area contributed by atoms with Crippen molar-refractivity contribution in [1.29, 1.82) is 0 Å². The number of aryl methyl sites for hydroxylation is 1. The number of hydrogen-bond acceptors (Lipinski definition) is 4. The Morgan fingerprint density at radius 1 is 1.40 bits per heavy atom. The van der Waals surface area contributed by atoms with E-state index >= 15 is 0 Å². The highest BCUT2D eigenvalue weighted by Gasteiger charge is 1.99. The van der Waals surface area contributed by atoms with Gasteiger partial charge < -0.3 is 10.5 Å². The molecular weight excluding hydrogens is 210 g/mol. The molecule has 1 aromatic rings. The lowest BCUT2D eigenvalue weighted by Crippen LogP contribution is -2.04. The molecule has 0 aliphatic carbocycles. The molecule has 0 saturated heterocycles. The minimum absolute atomic E-state index is 0.169. The van der Waals surface area contributed by atoms with Crippen LogP contribution in [0.2, 0.25) is 0 Å². The third-order valence-corrected chi connectivity index (χ3v) is 2.90. The van der Waals surface area contributed by atoms with Crippen molar-refractivity contribution < 1.29 is 9.53 Å². The Morgan fingerprint density at radius 2 is 2.07 bits per heavy atom. The summed E-state index contributed by atoms with van der Waals surface area (Å²) in [6.45, 7) is 0. The number of nitrogen functional groups attached to an aromatic ring is 1. The summed E-state index contributed by atoms with van der Waals surface area (Å²) in [5.41, 5.74) is 7.59. The number of hydrogen-bond donors (Lipinski definition) is 1. The van der Waals surface area contributed by atoms with Crippen LogP contribution in [0.3, 0.4) is 0 Å². The first-order valence-electron chi connectivity index (χ1n) is 4.71. The molecule has 0 aliphatic heterocycles. The van der Waals surface area contributed by atoms with Crippen molar-refractivity contribution in [3.63, 3.8) is 0 Å². The first-order valence-corrected chi connectivity index (χ1v) is 5.87. The van der Waals surface area contributed by atoms with Gasteiger partial charge in [0.15, 0.2) is 0 Å². The van der Waals surface area contributed by atoms with Gasteiger partial charge in [-0.3, -0.25) is 4.79 Å². The lowest BCUT2D eigenvalue weighted by Gasteiger charge is -2.01. The SMILES string of the molecule is COC(=O)CSCCc1ccc(N)cc1. The van der Waals surface area contributed by atoms with Crippen molar-refractivity contribution in [2.24, 2.45) is 0 Å². The fourth-order valence-electron chi connectivity index (χ4n) is 1.09. The van der Waals surface area contributed by atoms with E-state index in [0.29, 0.717) is 5.75 Å². The topological polar surface area (TPSA) is 52.3 Å². The summed E-state index contributed by atoms with van der Waals surface area (Å²) in [6.07, 6.45) is 0.946. The molecule has 0 amide bonds. The van der Waals surface area contributed by atoms with Crippen molar-refractivity contribution >= 4 is 23.4 Å². The Balaban J connectivity index is 2.20. The van der Waals surface area contributed by atoms with Crippen LogP contribution in [0.1, 0.15) is 5.56 Å². The Morgan fingerprint density at radius 3 is 2.67 bits per heavy atom. The minimum atomic E-state index is -0.169. The summed E-state index contributed by atoms with van der Waals surface area (Å²) in [6, 6.07) is 7.79. The molecule has 0 aromatic heterocycles. The summed E-state index contributed by atoms with van der Waals surface area (Å²) in [5, 5.41) is 0. The van der Waals surface area contributed by atoms with Crippen LogP contribution in [0, 0.1) is 0 Å². The fraction of sp³-hybridized carbons (Fsp3) is 0.364. The molecule has 3 nitrogen and oxygen atoms in total. The molecule has 0 unspecified atom stereocenters. The maximum absolute atomic E-state index is 10.8. The summed E-state index contributed by atoms with van der Waals surface area (Å²) in [4.78, 5) is 10.8. The lowest BCUT2D eigenvalue weighted by atomic mass is 10.2. The van der Waals surface area contributed by atoms with Crippen LogP contribution in [-0.2, 0) is 16.0 Å². The molecule has 2 N–H and O–H groups in total. The predicted octanol–water partition coefficient (Wildman–Crippen LogP) is 1.72. The van der Waals surface area contributed by atoms with Crippen molar-refractivity contribution in [3.05, 3.63) is 29.8 Å². The van der Waals surface area contributed by atoms with Gasteiger partial charge in [0.05, 0.1) is 12.9 Å². The van der Waals surface area contributed by atoms with Gasteiger partial charge in [-0.2, -0.15) is 0 Å². The first kappa shape index (κ1) is 11.9. The predicted molar refractivity (Wildman–Crippen MR) is 63.9 cm³/mol. The van der Waals surface area contributed by atoms with E-state index in [2.05, 4.69) is 4.74 Å². The van der Waals surface area contributed by atoms with Gasteiger partial charge in [-0.05, 0) is 29.9 Å². The summed E-state index contributed by atoms with van der Waals surface area (Å²) >= 11 is 1.58. The standard InChI is InChI=1S/C11H15NO2S/c1-14-11(13)8-15-7-6-9-2-4-10(12)5-3-9/h2-5H,6-8,12H2,1H3. The molecule has 0 atom stereocenters. The fourth-order valence-corrected chi connectivity index (χ4v) is 1.90. The van der Waals surface area contributed by atoms with Crippen molar-refractivity contribution in [3.8, 4) is 0 Å². The van der Waals surface area contributed by atoms with E-state index in [1.165, 1.54) is 12.7 Å². The molecule has 0 bridgehead atoms. The van der Waals surface area contributed by atoms with E-state index in [1.54, 1.807) is 11.8 Å². The van der Waals surface area contributed by atoms with Crippen LogP contribution in [-0.4, -0.2) is 24.6 Å². The second-order valence-electron chi connectivity index (χ2n) is 3.12. The number of rotatable bonds is 5. The van der Waals surface area contributed by atoms with Gasteiger partial charge in [0, 0.05) is 5.69 Å². The second-order valence-corrected chi connectivity index (χ2v) is 4.23. The molecule has 0 radical (unpaired) electrons. The molecule has 0 spiro atoms. The number of esters is 1. The molecule has 4 heteroatoms. The van der Waals surface area contributed by atoms with Crippen LogP contribution < -0.4 is 5.73 Å².